The van der Waals surface area contributed by atoms with E-state index in [9.17, 15) is 9.59 Å². The number of unbranched alkanes of at least 4 members (excludes halogenated alkanes) is 1. The molecule has 0 spiro atoms. The van der Waals surface area contributed by atoms with Gasteiger partial charge in [0.2, 0.25) is 5.91 Å². The molecule has 0 unspecified atom stereocenters. The van der Waals surface area contributed by atoms with Gasteiger partial charge < -0.3 is 0 Å². The molecule has 0 aromatic rings. The summed E-state index contributed by atoms with van der Waals surface area (Å²) in [5.41, 5.74) is 7.63. The number of rotatable bonds is 3. The molecule has 1 heterocycles. The van der Waals surface area contributed by atoms with Crippen molar-refractivity contribution in [3.63, 3.8) is 0 Å². The van der Waals surface area contributed by atoms with Crippen LogP contribution in [0.2, 0.25) is 0 Å². The third-order valence-corrected chi connectivity index (χ3v) is 2.17. The summed E-state index contributed by atoms with van der Waals surface area (Å²) in [4.78, 5) is 22.5. The fourth-order valence-corrected chi connectivity index (χ4v) is 1.29. The third kappa shape index (κ3) is 4.16. The summed E-state index contributed by atoms with van der Waals surface area (Å²) in [7, 11) is 0. The molecule has 0 saturated carbocycles. The molecule has 0 atom stereocenters. The molecule has 1 aliphatic heterocycles. The van der Waals surface area contributed by atoms with E-state index in [4.69, 9.17) is 0 Å². The minimum absolute atomic E-state index is 0.149. The van der Waals surface area contributed by atoms with Crippen molar-refractivity contribution in [2.24, 2.45) is 0 Å². The first kappa shape index (κ1) is 11.8. The largest absolute Gasteiger partial charge is 0.350 e. The number of hydrazine groups is 2. The van der Waals surface area contributed by atoms with Gasteiger partial charge in [-0.05, 0) is 12.8 Å². The van der Waals surface area contributed by atoms with Crippen LogP contribution in [0.1, 0.15) is 32.6 Å². The SMILES string of the molecule is CCCCC(=O)NNC(=O)N1CCCN1. The second-order valence-electron chi connectivity index (χ2n) is 3.50. The van der Waals surface area contributed by atoms with Crippen LogP contribution in [0.25, 0.3) is 0 Å². The van der Waals surface area contributed by atoms with E-state index in [-0.39, 0.29) is 11.9 Å². The minimum Gasteiger partial charge on any atom is -0.273 e. The van der Waals surface area contributed by atoms with Crippen molar-refractivity contribution in [1.82, 2.24) is 21.3 Å². The zero-order valence-corrected chi connectivity index (χ0v) is 9.01. The van der Waals surface area contributed by atoms with Crippen LogP contribution in [-0.4, -0.2) is 30.0 Å². The summed E-state index contributed by atoms with van der Waals surface area (Å²) in [6.07, 6.45) is 3.19. The molecule has 1 saturated heterocycles. The van der Waals surface area contributed by atoms with E-state index in [2.05, 4.69) is 16.3 Å². The first-order valence-electron chi connectivity index (χ1n) is 5.34. The highest BCUT2D eigenvalue weighted by atomic mass is 16.2. The zero-order valence-electron chi connectivity index (χ0n) is 9.01. The molecule has 3 N–H and O–H groups in total. The Morgan fingerprint density at radius 1 is 1.40 bits per heavy atom. The Morgan fingerprint density at radius 3 is 2.80 bits per heavy atom. The van der Waals surface area contributed by atoms with Crippen LogP contribution < -0.4 is 16.3 Å². The van der Waals surface area contributed by atoms with E-state index in [0.29, 0.717) is 13.0 Å². The molecule has 6 nitrogen and oxygen atoms in total. The maximum Gasteiger partial charge on any atom is 0.350 e. The van der Waals surface area contributed by atoms with Gasteiger partial charge in [-0.25, -0.2) is 15.6 Å². The van der Waals surface area contributed by atoms with Crippen molar-refractivity contribution in [2.75, 3.05) is 13.1 Å². The molecule has 6 heteroatoms. The number of nitrogens with zero attached hydrogens (tertiary/aromatic N) is 1. The van der Waals surface area contributed by atoms with Crippen molar-refractivity contribution in [2.45, 2.75) is 32.6 Å². The lowest BCUT2D eigenvalue weighted by Gasteiger charge is -2.16. The van der Waals surface area contributed by atoms with Gasteiger partial charge in [-0.2, -0.15) is 0 Å². The summed E-state index contributed by atoms with van der Waals surface area (Å²) in [6.45, 7) is 3.49. The summed E-state index contributed by atoms with van der Waals surface area (Å²) in [5, 5.41) is 1.46. The van der Waals surface area contributed by atoms with E-state index in [1.807, 2.05) is 6.92 Å². The molecular weight excluding hydrogens is 196 g/mol. The van der Waals surface area contributed by atoms with E-state index in [0.717, 1.165) is 25.8 Å². The lowest BCUT2D eigenvalue weighted by atomic mass is 10.2. The summed E-state index contributed by atoms with van der Waals surface area (Å²) in [6, 6.07) is -0.308. The predicted octanol–water partition coefficient (Wildman–Crippen LogP) is 0.128. The van der Waals surface area contributed by atoms with Gasteiger partial charge in [0.25, 0.3) is 0 Å². The van der Waals surface area contributed by atoms with Crippen LogP contribution in [-0.2, 0) is 4.79 Å². The highest BCUT2D eigenvalue weighted by Crippen LogP contribution is 1.95. The molecule has 0 aromatic carbocycles. The molecule has 0 radical (unpaired) electrons. The van der Waals surface area contributed by atoms with Crippen molar-refractivity contribution in [3.8, 4) is 0 Å². The van der Waals surface area contributed by atoms with Gasteiger partial charge in [0.1, 0.15) is 0 Å². The maximum absolute atomic E-state index is 11.4. The number of hydrogen-bond donors (Lipinski definition) is 3. The number of urea groups is 1. The van der Waals surface area contributed by atoms with Crippen LogP contribution in [0.3, 0.4) is 0 Å². The molecule has 3 amide bonds. The topological polar surface area (TPSA) is 73.5 Å². The zero-order chi connectivity index (χ0) is 11.1. The van der Waals surface area contributed by atoms with Crippen LogP contribution >= 0.6 is 0 Å². The standard InChI is InChI=1S/C9H18N4O2/c1-2-3-5-8(14)11-12-9(15)13-7-4-6-10-13/h10H,2-7H2,1H3,(H,11,14)(H,12,15). The molecule has 15 heavy (non-hydrogen) atoms. The third-order valence-electron chi connectivity index (χ3n) is 2.17. The highest BCUT2D eigenvalue weighted by molar-refractivity contribution is 5.80. The minimum atomic E-state index is -0.308. The van der Waals surface area contributed by atoms with Crippen molar-refractivity contribution < 1.29 is 9.59 Å². The van der Waals surface area contributed by atoms with Crippen molar-refractivity contribution in [1.29, 1.82) is 0 Å². The Morgan fingerprint density at radius 2 is 2.20 bits per heavy atom. The fourth-order valence-electron chi connectivity index (χ4n) is 1.29. The van der Waals surface area contributed by atoms with Gasteiger partial charge in [-0.3, -0.25) is 15.2 Å². The summed E-state index contributed by atoms with van der Waals surface area (Å²) >= 11 is 0. The Kier molecular flexibility index (Phi) is 4.89. The smallest absolute Gasteiger partial charge is 0.273 e. The Hall–Kier alpha value is -1.30. The lowest BCUT2D eigenvalue weighted by Crippen LogP contribution is -2.51. The number of carbonyl (C=O) groups excluding carboxylic acids is 2. The quantitative estimate of drug-likeness (QED) is 0.584. The van der Waals surface area contributed by atoms with Gasteiger partial charge in [-0.1, -0.05) is 13.3 Å². The van der Waals surface area contributed by atoms with Crippen LogP contribution in [0, 0.1) is 0 Å². The van der Waals surface area contributed by atoms with Crippen molar-refractivity contribution >= 4 is 11.9 Å². The van der Waals surface area contributed by atoms with Gasteiger partial charge in [-0.15, -0.1) is 0 Å². The fraction of sp³-hybridized carbons (Fsp3) is 0.778. The van der Waals surface area contributed by atoms with Crippen LogP contribution in [0.5, 0.6) is 0 Å². The molecule has 1 aliphatic rings. The Labute approximate surface area is 89.3 Å². The number of carbonyl (C=O) groups is 2. The molecule has 86 valence electrons. The first-order chi connectivity index (χ1) is 7.24. The van der Waals surface area contributed by atoms with Crippen LogP contribution in [0.4, 0.5) is 4.79 Å². The van der Waals surface area contributed by atoms with Crippen LogP contribution in [0.15, 0.2) is 0 Å². The summed E-state index contributed by atoms with van der Waals surface area (Å²) < 4.78 is 0. The number of hydrogen-bond acceptors (Lipinski definition) is 3. The molecular formula is C9H18N4O2. The molecule has 0 aliphatic carbocycles. The average Bonchev–Trinajstić information content (AvgIpc) is 2.76. The molecule has 0 aromatic heterocycles. The van der Waals surface area contributed by atoms with E-state index in [1.165, 1.54) is 5.01 Å². The monoisotopic (exact) mass is 214 g/mol. The van der Waals surface area contributed by atoms with E-state index < -0.39 is 0 Å². The van der Waals surface area contributed by atoms with Crippen molar-refractivity contribution in [3.05, 3.63) is 0 Å². The highest BCUT2D eigenvalue weighted by Gasteiger charge is 2.17. The molecule has 1 fully saturated rings. The average molecular weight is 214 g/mol. The van der Waals surface area contributed by atoms with Gasteiger partial charge in [0.15, 0.2) is 0 Å². The second kappa shape index (κ2) is 6.23. The molecule has 1 rings (SSSR count). The Balaban J connectivity index is 2.12. The van der Waals surface area contributed by atoms with E-state index in [1.54, 1.807) is 0 Å². The van der Waals surface area contributed by atoms with Gasteiger partial charge >= 0.3 is 6.03 Å². The number of nitrogens with one attached hydrogen (secondary N) is 3. The van der Waals surface area contributed by atoms with Gasteiger partial charge in [0, 0.05) is 19.5 Å². The predicted molar refractivity (Wildman–Crippen MR) is 55.5 cm³/mol. The van der Waals surface area contributed by atoms with E-state index >= 15 is 0 Å². The summed E-state index contributed by atoms with van der Waals surface area (Å²) in [5.74, 6) is -0.149. The second-order valence-corrected chi connectivity index (χ2v) is 3.50. The Bertz CT molecular complexity index is 226. The normalized spacial score (nSPS) is 15.1. The van der Waals surface area contributed by atoms with Gasteiger partial charge in [0.05, 0.1) is 0 Å². The molecule has 0 bridgehead atoms. The first-order valence-corrected chi connectivity index (χ1v) is 5.34. The number of amides is 3. The lowest BCUT2D eigenvalue weighted by molar-refractivity contribution is -0.121. The maximum atomic E-state index is 11.4.